The summed E-state index contributed by atoms with van der Waals surface area (Å²) in [5.74, 6) is -0.0563. The second-order valence-electron chi connectivity index (χ2n) is 8.64. The van der Waals surface area contributed by atoms with Crippen molar-refractivity contribution in [2.75, 3.05) is 7.11 Å². The van der Waals surface area contributed by atoms with Crippen molar-refractivity contribution >= 4 is 11.8 Å². The first-order valence-corrected chi connectivity index (χ1v) is 12.1. The predicted octanol–water partition coefficient (Wildman–Crippen LogP) is 5.63. The van der Waals surface area contributed by atoms with Crippen molar-refractivity contribution in [1.82, 2.24) is 9.55 Å². The molecule has 8 heteroatoms. The number of oxime groups is 1. The van der Waals surface area contributed by atoms with Crippen LogP contribution in [0.4, 0.5) is 4.39 Å². The highest BCUT2D eigenvalue weighted by molar-refractivity contribution is 6.03. The number of carbonyl (C=O) groups is 1. The Morgan fingerprint density at radius 2 is 1.73 bits per heavy atom. The lowest BCUT2D eigenvalue weighted by Gasteiger charge is -2.13. The number of carbonyl (C=O) groups excluding carboxylic acids is 1. The highest BCUT2D eigenvalue weighted by Gasteiger charge is 2.25. The van der Waals surface area contributed by atoms with Crippen LogP contribution in [-0.2, 0) is 17.7 Å². The molecule has 0 spiro atoms. The molecule has 0 aliphatic rings. The number of aryl methyl sites for hydroxylation is 1. The lowest BCUT2D eigenvalue weighted by Crippen LogP contribution is -2.15. The largest absolute Gasteiger partial charge is 0.464 e. The first kappa shape index (κ1) is 25.6. The van der Waals surface area contributed by atoms with E-state index in [4.69, 9.17) is 20.7 Å². The minimum atomic E-state index is -0.501. The van der Waals surface area contributed by atoms with E-state index in [1.54, 1.807) is 18.2 Å². The molecule has 0 bridgehead atoms. The van der Waals surface area contributed by atoms with Gasteiger partial charge in [-0.15, -0.1) is 0 Å². The van der Waals surface area contributed by atoms with E-state index in [2.05, 4.69) is 12.1 Å². The second-order valence-corrected chi connectivity index (χ2v) is 8.64. The Hall–Kier alpha value is -4.46. The number of rotatable bonds is 9. The number of amidine groups is 1. The third-order valence-electron chi connectivity index (χ3n) is 6.21. The van der Waals surface area contributed by atoms with E-state index in [1.165, 1.54) is 19.2 Å². The molecule has 3 aromatic carbocycles. The zero-order valence-corrected chi connectivity index (χ0v) is 20.8. The molecule has 4 aromatic rings. The quantitative estimate of drug-likeness (QED) is 0.102. The SMILES string of the molecule is CCCCc1nc(-c2ccc(F)cc2)c(C(=O)OC)n1Cc1ccc(-c2ccccc2C(N)=NO)cc1. The van der Waals surface area contributed by atoms with Crippen LogP contribution in [0.25, 0.3) is 22.4 Å². The number of nitrogens with two attached hydrogens (primary N) is 1. The van der Waals surface area contributed by atoms with Crippen molar-refractivity contribution in [3.8, 4) is 22.4 Å². The van der Waals surface area contributed by atoms with Crippen LogP contribution < -0.4 is 5.73 Å². The number of methoxy groups -OCH3 is 1. The third-order valence-corrected chi connectivity index (χ3v) is 6.21. The zero-order valence-electron chi connectivity index (χ0n) is 20.8. The summed E-state index contributed by atoms with van der Waals surface area (Å²) in [6.45, 7) is 2.50. The first-order valence-electron chi connectivity index (χ1n) is 12.1. The maximum atomic E-state index is 13.6. The summed E-state index contributed by atoms with van der Waals surface area (Å²) < 4.78 is 20.6. The Bertz CT molecular complexity index is 1410. The molecule has 37 heavy (non-hydrogen) atoms. The number of nitrogens with zero attached hydrogens (tertiary/aromatic N) is 3. The Kier molecular flexibility index (Phi) is 7.98. The van der Waals surface area contributed by atoms with E-state index in [0.29, 0.717) is 35.5 Å². The molecule has 3 N–H and O–H groups in total. The Morgan fingerprint density at radius 3 is 2.38 bits per heavy atom. The lowest BCUT2D eigenvalue weighted by molar-refractivity contribution is 0.0589. The molecule has 0 fully saturated rings. The van der Waals surface area contributed by atoms with E-state index < -0.39 is 5.97 Å². The van der Waals surface area contributed by atoms with Gasteiger partial charge in [0.1, 0.15) is 17.3 Å². The van der Waals surface area contributed by atoms with Crippen LogP contribution in [0.15, 0.2) is 78.0 Å². The highest BCUT2D eigenvalue weighted by Crippen LogP contribution is 2.28. The molecule has 1 heterocycles. The fourth-order valence-electron chi connectivity index (χ4n) is 4.29. The monoisotopic (exact) mass is 500 g/mol. The Balaban J connectivity index is 1.75. The van der Waals surface area contributed by atoms with E-state index in [0.717, 1.165) is 35.4 Å². The number of benzene rings is 3. The van der Waals surface area contributed by atoms with Gasteiger partial charge in [0.05, 0.1) is 7.11 Å². The van der Waals surface area contributed by atoms with Gasteiger partial charge in [-0.3, -0.25) is 0 Å². The van der Waals surface area contributed by atoms with Crippen LogP contribution in [0.5, 0.6) is 0 Å². The molecule has 0 atom stereocenters. The van der Waals surface area contributed by atoms with Crippen molar-refractivity contribution < 1.29 is 19.1 Å². The smallest absolute Gasteiger partial charge is 0.357 e. The maximum absolute atomic E-state index is 13.6. The molecule has 4 rings (SSSR count). The molecular weight excluding hydrogens is 471 g/mol. The van der Waals surface area contributed by atoms with Crippen molar-refractivity contribution in [1.29, 1.82) is 0 Å². The molecule has 0 aliphatic heterocycles. The lowest BCUT2D eigenvalue weighted by atomic mass is 9.98. The zero-order chi connectivity index (χ0) is 26.4. The fourth-order valence-corrected chi connectivity index (χ4v) is 4.29. The number of ether oxygens (including phenoxy) is 1. The van der Waals surface area contributed by atoms with Crippen LogP contribution in [0, 0.1) is 5.82 Å². The van der Waals surface area contributed by atoms with Crippen molar-refractivity contribution in [3.63, 3.8) is 0 Å². The highest BCUT2D eigenvalue weighted by atomic mass is 19.1. The van der Waals surface area contributed by atoms with Crippen LogP contribution >= 0.6 is 0 Å². The van der Waals surface area contributed by atoms with Gasteiger partial charge in [0.2, 0.25) is 0 Å². The standard InChI is InChI=1S/C29H29FN4O3/c1-3-4-9-25-32-26(21-14-16-22(30)17-15-21)27(29(35)37-2)34(25)18-19-10-12-20(13-11-19)23-7-5-6-8-24(23)28(31)33-36/h5-8,10-17,36H,3-4,9,18H2,1-2H3,(H2,31,33). The van der Waals surface area contributed by atoms with Gasteiger partial charge in [0.25, 0.3) is 0 Å². The number of hydrogen-bond acceptors (Lipinski definition) is 5. The van der Waals surface area contributed by atoms with Crippen LogP contribution in [0.3, 0.4) is 0 Å². The molecule has 190 valence electrons. The Morgan fingerprint density at radius 1 is 1.05 bits per heavy atom. The molecular formula is C29H29FN4O3. The maximum Gasteiger partial charge on any atom is 0.357 e. The molecule has 0 aliphatic carbocycles. The van der Waals surface area contributed by atoms with Gasteiger partial charge < -0.3 is 20.2 Å². The molecule has 7 nitrogen and oxygen atoms in total. The van der Waals surface area contributed by atoms with Crippen molar-refractivity contribution in [3.05, 3.63) is 101 Å². The fraction of sp³-hybridized carbons (Fsp3) is 0.207. The summed E-state index contributed by atoms with van der Waals surface area (Å²) in [7, 11) is 1.34. The Labute approximate surface area is 215 Å². The normalized spacial score (nSPS) is 11.5. The van der Waals surface area contributed by atoms with Gasteiger partial charge in [0.15, 0.2) is 11.5 Å². The van der Waals surface area contributed by atoms with Crippen LogP contribution in [-0.4, -0.2) is 33.7 Å². The minimum absolute atomic E-state index is 0.0368. The van der Waals surface area contributed by atoms with Gasteiger partial charge in [-0.05, 0) is 47.4 Å². The summed E-state index contributed by atoms with van der Waals surface area (Å²) in [6, 6.07) is 21.2. The predicted molar refractivity (Wildman–Crippen MR) is 141 cm³/mol. The van der Waals surface area contributed by atoms with E-state index in [-0.39, 0.29) is 11.7 Å². The molecule has 0 radical (unpaired) electrons. The number of imidazole rings is 1. The summed E-state index contributed by atoms with van der Waals surface area (Å²) >= 11 is 0. The number of aromatic nitrogens is 2. The average Bonchev–Trinajstić information content (AvgIpc) is 3.29. The number of hydrogen-bond donors (Lipinski definition) is 2. The van der Waals surface area contributed by atoms with Crippen LogP contribution in [0.2, 0.25) is 0 Å². The molecule has 0 saturated carbocycles. The molecule has 0 amide bonds. The summed E-state index contributed by atoms with van der Waals surface area (Å²) in [5, 5.41) is 12.3. The van der Waals surface area contributed by atoms with E-state index in [9.17, 15) is 9.18 Å². The third kappa shape index (κ3) is 5.53. The summed E-state index contributed by atoms with van der Waals surface area (Å²) in [6.07, 6.45) is 2.57. The van der Waals surface area contributed by atoms with Crippen LogP contribution in [0.1, 0.15) is 47.2 Å². The number of unbranched alkanes of at least 4 members (excludes halogenated alkanes) is 1. The average molecular weight is 501 g/mol. The van der Waals surface area contributed by atoms with Gasteiger partial charge >= 0.3 is 5.97 Å². The summed E-state index contributed by atoms with van der Waals surface area (Å²) in [4.78, 5) is 17.7. The van der Waals surface area contributed by atoms with E-state index >= 15 is 0 Å². The first-order chi connectivity index (χ1) is 18.0. The van der Waals surface area contributed by atoms with Gasteiger partial charge in [-0.2, -0.15) is 0 Å². The molecule has 1 aromatic heterocycles. The summed E-state index contributed by atoms with van der Waals surface area (Å²) in [5.41, 5.74) is 10.6. The van der Waals surface area contributed by atoms with Crippen molar-refractivity contribution in [2.24, 2.45) is 10.9 Å². The number of esters is 1. The minimum Gasteiger partial charge on any atom is -0.464 e. The number of halogens is 1. The molecule has 0 unspecified atom stereocenters. The van der Waals surface area contributed by atoms with Crippen molar-refractivity contribution in [2.45, 2.75) is 32.7 Å². The van der Waals surface area contributed by atoms with E-state index in [1.807, 2.05) is 47.0 Å². The topological polar surface area (TPSA) is 103 Å². The van der Waals surface area contributed by atoms with Gasteiger partial charge in [-0.1, -0.05) is 67.0 Å². The molecule has 0 saturated heterocycles. The second kappa shape index (κ2) is 11.5. The van der Waals surface area contributed by atoms with Gasteiger partial charge in [0, 0.05) is 24.1 Å². The van der Waals surface area contributed by atoms with Gasteiger partial charge in [-0.25, -0.2) is 14.2 Å².